The average Bonchev–Trinajstić information content (AvgIpc) is 3.31. The molecule has 8 nitrogen and oxygen atoms in total. The number of thioether (sulfide) groups is 2. The molecule has 0 radical (unpaired) electrons. The molecule has 0 aromatic heterocycles. The molecule has 2 aromatic carbocycles. The number of ether oxygens (including phenoxy) is 1. The minimum absolute atomic E-state index is 0.0148. The average molecular weight is 482 g/mol. The van der Waals surface area contributed by atoms with Gasteiger partial charge in [-0.25, -0.2) is 12.7 Å². The monoisotopic (exact) mass is 481 g/mol. The smallest absolute Gasteiger partial charge is 0.276 e. The zero-order chi connectivity index (χ0) is 22.4. The van der Waals surface area contributed by atoms with Gasteiger partial charge in [-0.15, -0.1) is 23.5 Å². The second-order valence-electron chi connectivity index (χ2n) is 6.72. The van der Waals surface area contributed by atoms with Crippen LogP contribution in [-0.4, -0.2) is 56.7 Å². The SMILES string of the molecule is CN(C)S(=O)(=O)c1cccc(C(=O)NNC(=O)COc2ccccc2C2SCCS2)c1. The number of nitrogens with zero attached hydrogens (tertiary/aromatic N) is 1. The van der Waals surface area contributed by atoms with Crippen molar-refractivity contribution in [3.63, 3.8) is 0 Å². The molecule has 2 aromatic rings. The van der Waals surface area contributed by atoms with Crippen molar-refractivity contribution < 1.29 is 22.7 Å². The predicted octanol–water partition coefficient (Wildman–Crippen LogP) is 2.26. The van der Waals surface area contributed by atoms with Gasteiger partial charge >= 0.3 is 0 Å². The van der Waals surface area contributed by atoms with Crippen molar-refractivity contribution in [3.8, 4) is 5.75 Å². The number of benzene rings is 2. The molecule has 0 unspecified atom stereocenters. The fraction of sp³-hybridized carbons (Fsp3) is 0.300. The third-order valence-corrected chi connectivity index (χ3v) is 9.22. The van der Waals surface area contributed by atoms with Crippen LogP contribution < -0.4 is 15.6 Å². The van der Waals surface area contributed by atoms with Crippen molar-refractivity contribution in [2.75, 3.05) is 32.2 Å². The lowest BCUT2D eigenvalue weighted by Gasteiger charge is -2.15. The number of hydrogen-bond acceptors (Lipinski definition) is 7. The van der Waals surface area contributed by atoms with E-state index in [-0.39, 0.29) is 21.6 Å². The maximum absolute atomic E-state index is 12.3. The Kier molecular flexibility index (Phi) is 7.87. The van der Waals surface area contributed by atoms with Gasteiger partial charge in [-0.1, -0.05) is 24.3 Å². The molecular formula is C20H23N3O5S3. The van der Waals surface area contributed by atoms with E-state index in [9.17, 15) is 18.0 Å². The maximum Gasteiger partial charge on any atom is 0.276 e. The van der Waals surface area contributed by atoms with Gasteiger partial charge in [0.15, 0.2) is 6.61 Å². The van der Waals surface area contributed by atoms with Crippen LogP contribution in [0.3, 0.4) is 0 Å². The first-order valence-corrected chi connectivity index (χ1v) is 12.9. The Hall–Kier alpha value is -2.21. The summed E-state index contributed by atoms with van der Waals surface area (Å²) < 4.78 is 31.4. The molecule has 1 fully saturated rings. The first kappa shape index (κ1) is 23.5. The van der Waals surface area contributed by atoms with E-state index in [1.165, 1.54) is 38.4 Å². The minimum atomic E-state index is -3.67. The van der Waals surface area contributed by atoms with E-state index >= 15 is 0 Å². The van der Waals surface area contributed by atoms with Gasteiger partial charge in [0.25, 0.3) is 11.8 Å². The molecule has 1 aliphatic rings. The van der Waals surface area contributed by atoms with Gasteiger partial charge in [-0.05, 0) is 24.3 Å². The minimum Gasteiger partial charge on any atom is -0.483 e. The molecule has 166 valence electrons. The summed E-state index contributed by atoms with van der Waals surface area (Å²) in [7, 11) is -0.858. The van der Waals surface area contributed by atoms with E-state index in [1.54, 1.807) is 0 Å². The van der Waals surface area contributed by atoms with Crippen molar-refractivity contribution in [1.82, 2.24) is 15.2 Å². The first-order chi connectivity index (χ1) is 14.8. The summed E-state index contributed by atoms with van der Waals surface area (Å²) >= 11 is 3.68. The largest absolute Gasteiger partial charge is 0.483 e. The summed E-state index contributed by atoms with van der Waals surface area (Å²) in [5, 5.41) is 0. The lowest BCUT2D eigenvalue weighted by Crippen LogP contribution is -2.43. The summed E-state index contributed by atoms with van der Waals surface area (Å²) in [4.78, 5) is 24.4. The molecule has 31 heavy (non-hydrogen) atoms. The Labute approximate surface area is 190 Å². The third kappa shape index (κ3) is 5.94. The normalized spacial score (nSPS) is 14.4. The summed E-state index contributed by atoms with van der Waals surface area (Å²) in [6, 6.07) is 13.2. The van der Waals surface area contributed by atoms with Crippen molar-refractivity contribution in [1.29, 1.82) is 0 Å². The molecule has 2 amide bonds. The van der Waals surface area contributed by atoms with Crippen molar-refractivity contribution in [2.45, 2.75) is 9.48 Å². The van der Waals surface area contributed by atoms with Gasteiger partial charge < -0.3 is 4.74 Å². The van der Waals surface area contributed by atoms with Crippen LogP contribution in [0.15, 0.2) is 53.4 Å². The highest BCUT2D eigenvalue weighted by Crippen LogP contribution is 2.48. The number of sulfonamides is 1. The molecule has 1 saturated heterocycles. The van der Waals surface area contributed by atoms with Crippen LogP contribution >= 0.6 is 23.5 Å². The first-order valence-electron chi connectivity index (χ1n) is 9.36. The van der Waals surface area contributed by atoms with Crippen LogP contribution in [0, 0.1) is 0 Å². The number of rotatable bonds is 7. The van der Waals surface area contributed by atoms with Crippen molar-refractivity contribution in [3.05, 3.63) is 59.7 Å². The molecule has 11 heteroatoms. The van der Waals surface area contributed by atoms with E-state index < -0.39 is 21.8 Å². The van der Waals surface area contributed by atoms with E-state index in [0.29, 0.717) is 5.75 Å². The third-order valence-electron chi connectivity index (χ3n) is 4.34. The lowest BCUT2D eigenvalue weighted by molar-refractivity contribution is -0.123. The zero-order valence-corrected chi connectivity index (χ0v) is 19.5. The highest BCUT2D eigenvalue weighted by Gasteiger charge is 2.22. The van der Waals surface area contributed by atoms with E-state index in [2.05, 4.69) is 10.9 Å². The number of nitrogens with one attached hydrogen (secondary N) is 2. The quantitative estimate of drug-likeness (QED) is 0.585. The number of carbonyl (C=O) groups excluding carboxylic acids is 2. The van der Waals surface area contributed by atoms with Gasteiger partial charge in [0, 0.05) is 36.7 Å². The van der Waals surface area contributed by atoms with Crippen molar-refractivity contribution in [2.24, 2.45) is 0 Å². The predicted molar refractivity (Wildman–Crippen MR) is 123 cm³/mol. The van der Waals surface area contributed by atoms with Gasteiger partial charge in [0.1, 0.15) is 5.75 Å². The van der Waals surface area contributed by atoms with Gasteiger partial charge in [-0.3, -0.25) is 20.4 Å². The fourth-order valence-corrected chi connectivity index (χ4v) is 6.59. The maximum atomic E-state index is 12.3. The topological polar surface area (TPSA) is 105 Å². The van der Waals surface area contributed by atoms with Crippen molar-refractivity contribution >= 4 is 45.4 Å². The Balaban J connectivity index is 1.56. The molecular weight excluding hydrogens is 458 g/mol. The number of amides is 2. The molecule has 3 rings (SSSR count). The molecule has 0 saturated carbocycles. The summed E-state index contributed by atoms with van der Waals surface area (Å²) in [6.45, 7) is -0.269. The summed E-state index contributed by atoms with van der Waals surface area (Å²) in [5.74, 6) is 1.62. The Morgan fingerprint density at radius 1 is 1.06 bits per heavy atom. The van der Waals surface area contributed by atoms with Gasteiger partial charge in [0.05, 0.1) is 9.48 Å². The van der Waals surface area contributed by atoms with E-state index in [4.69, 9.17) is 4.74 Å². The second-order valence-corrected chi connectivity index (χ2v) is 11.6. The summed E-state index contributed by atoms with van der Waals surface area (Å²) in [5.41, 5.74) is 5.70. The molecule has 0 atom stereocenters. The standard InChI is InChI=1S/C20H23N3O5S3/c1-23(2)31(26,27)15-7-5-6-14(12-15)19(25)22-21-18(24)13-28-17-9-4-3-8-16(17)20-29-10-11-30-20/h3-9,12,20H,10-11,13H2,1-2H3,(H,21,24)(H,22,25). The van der Waals surface area contributed by atoms with Crippen LogP contribution in [0.5, 0.6) is 5.75 Å². The Morgan fingerprint density at radius 3 is 2.48 bits per heavy atom. The highest BCUT2D eigenvalue weighted by molar-refractivity contribution is 8.19. The number of hydrogen-bond donors (Lipinski definition) is 2. The lowest BCUT2D eigenvalue weighted by atomic mass is 10.2. The molecule has 1 heterocycles. The molecule has 2 N–H and O–H groups in total. The van der Waals surface area contributed by atoms with Gasteiger partial charge in [-0.2, -0.15) is 0 Å². The van der Waals surface area contributed by atoms with Crippen LogP contribution in [0.25, 0.3) is 0 Å². The van der Waals surface area contributed by atoms with Crippen LogP contribution in [0.1, 0.15) is 20.5 Å². The number of hydrazine groups is 1. The Bertz CT molecular complexity index is 1050. The van der Waals surface area contributed by atoms with Gasteiger partial charge in [0.2, 0.25) is 10.0 Å². The summed E-state index contributed by atoms with van der Waals surface area (Å²) in [6.07, 6.45) is 0. The van der Waals surface area contributed by atoms with Crippen LogP contribution in [0.2, 0.25) is 0 Å². The molecule has 0 spiro atoms. The highest BCUT2D eigenvalue weighted by atomic mass is 32.2. The fourth-order valence-electron chi connectivity index (χ4n) is 2.73. The molecule has 1 aliphatic heterocycles. The number of carbonyl (C=O) groups is 2. The zero-order valence-electron chi connectivity index (χ0n) is 17.0. The molecule has 0 bridgehead atoms. The Morgan fingerprint density at radius 2 is 1.77 bits per heavy atom. The van der Waals surface area contributed by atoms with Crippen LogP contribution in [0.4, 0.5) is 0 Å². The van der Waals surface area contributed by atoms with E-state index in [0.717, 1.165) is 21.4 Å². The van der Waals surface area contributed by atoms with Crippen LogP contribution in [-0.2, 0) is 14.8 Å². The van der Waals surface area contributed by atoms with E-state index in [1.807, 2.05) is 47.8 Å². The second kappa shape index (κ2) is 10.4. The number of para-hydroxylation sites is 1. The molecule has 0 aliphatic carbocycles.